The fourth-order valence-electron chi connectivity index (χ4n) is 3.47. The molecular weight excluding hydrogens is 389 g/mol. The summed E-state index contributed by atoms with van der Waals surface area (Å²) in [5.41, 5.74) is 1.30. The van der Waals surface area contributed by atoms with Crippen molar-refractivity contribution < 1.29 is 23.5 Å². The van der Waals surface area contributed by atoms with Gasteiger partial charge in [0.05, 0.1) is 25.9 Å². The SMILES string of the molecule is COc1ccc(C(C)NC(=O)C(=O)N2CCN(c3ccccc3F)CC2)cc1OC. The topological polar surface area (TPSA) is 71.1 Å². The largest absolute Gasteiger partial charge is 0.493 e. The van der Waals surface area contributed by atoms with Crippen LogP contribution in [0, 0.1) is 5.82 Å². The van der Waals surface area contributed by atoms with Gasteiger partial charge in [0.1, 0.15) is 5.82 Å². The fourth-order valence-corrected chi connectivity index (χ4v) is 3.47. The summed E-state index contributed by atoms with van der Waals surface area (Å²) in [5, 5.41) is 2.73. The van der Waals surface area contributed by atoms with Gasteiger partial charge in [-0.3, -0.25) is 9.59 Å². The summed E-state index contributed by atoms with van der Waals surface area (Å²) in [4.78, 5) is 28.4. The summed E-state index contributed by atoms with van der Waals surface area (Å²) in [6.45, 7) is 3.43. The van der Waals surface area contributed by atoms with Gasteiger partial charge in [-0.1, -0.05) is 18.2 Å². The van der Waals surface area contributed by atoms with Crippen LogP contribution in [0.25, 0.3) is 0 Å². The Kier molecular flexibility index (Phi) is 6.76. The molecule has 160 valence electrons. The highest BCUT2D eigenvalue weighted by molar-refractivity contribution is 6.35. The number of ether oxygens (including phenoxy) is 2. The van der Waals surface area contributed by atoms with E-state index in [0.717, 1.165) is 5.56 Å². The lowest BCUT2D eigenvalue weighted by Gasteiger charge is -2.36. The van der Waals surface area contributed by atoms with Gasteiger partial charge in [-0.05, 0) is 36.8 Å². The number of hydrogen-bond acceptors (Lipinski definition) is 5. The second-order valence-corrected chi connectivity index (χ2v) is 7.04. The summed E-state index contributed by atoms with van der Waals surface area (Å²) in [6, 6.07) is 11.5. The molecule has 1 atom stereocenters. The third-order valence-electron chi connectivity index (χ3n) is 5.21. The third kappa shape index (κ3) is 4.64. The molecular formula is C22H26FN3O4. The van der Waals surface area contributed by atoms with Crippen molar-refractivity contribution >= 4 is 17.5 Å². The van der Waals surface area contributed by atoms with Gasteiger partial charge in [0.2, 0.25) is 0 Å². The monoisotopic (exact) mass is 415 g/mol. The van der Waals surface area contributed by atoms with E-state index < -0.39 is 11.8 Å². The number of amides is 2. The minimum atomic E-state index is -0.670. The van der Waals surface area contributed by atoms with Crippen LogP contribution in [0.5, 0.6) is 11.5 Å². The number of piperazine rings is 1. The molecule has 0 aromatic heterocycles. The third-order valence-corrected chi connectivity index (χ3v) is 5.21. The summed E-state index contributed by atoms with van der Waals surface area (Å²) in [6.07, 6.45) is 0. The molecule has 0 aliphatic carbocycles. The average molecular weight is 415 g/mol. The van der Waals surface area contributed by atoms with Crippen molar-refractivity contribution in [3.63, 3.8) is 0 Å². The number of nitrogens with zero attached hydrogens (tertiary/aromatic N) is 2. The molecule has 1 aliphatic heterocycles. The normalized spacial score (nSPS) is 14.8. The fraction of sp³-hybridized carbons (Fsp3) is 0.364. The van der Waals surface area contributed by atoms with Crippen LogP contribution in [-0.2, 0) is 9.59 Å². The van der Waals surface area contributed by atoms with E-state index in [9.17, 15) is 14.0 Å². The number of halogens is 1. The number of methoxy groups -OCH3 is 2. The zero-order chi connectivity index (χ0) is 21.7. The van der Waals surface area contributed by atoms with Gasteiger partial charge in [0.15, 0.2) is 11.5 Å². The van der Waals surface area contributed by atoms with Crippen molar-refractivity contribution in [2.24, 2.45) is 0 Å². The first-order valence-electron chi connectivity index (χ1n) is 9.75. The first-order valence-corrected chi connectivity index (χ1v) is 9.75. The predicted octanol–water partition coefficient (Wildman–Crippen LogP) is 2.37. The highest BCUT2D eigenvalue weighted by Gasteiger charge is 2.28. The molecule has 0 saturated carbocycles. The van der Waals surface area contributed by atoms with Crippen LogP contribution >= 0.6 is 0 Å². The van der Waals surface area contributed by atoms with Gasteiger partial charge in [-0.25, -0.2) is 4.39 Å². The Bertz CT molecular complexity index is 913. The lowest BCUT2D eigenvalue weighted by atomic mass is 10.1. The second kappa shape index (κ2) is 9.47. The first-order chi connectivity index (χ1) is 14.4. The number of rotatable bonds is 5. The molecule has 1 unspecified atom stereocenters. The van der Waals surface area contributed by atoms with Gasteiger partial charge in [-0.2, -0.15) is 0 Å². The minimum Gasteiger partial charge on any atom is -0.493 e. The highest BCUT2D eigenvalue weighted by atomic mass is 19.1. The maximum absolute atomic E-state index is 14.0. The van der Waals surface area contributed by atoms with E-state index in [1.807, 2.05) is 11.0 Å². The van der Waals surface area contributed by atoms with Gasteiger partial charge in [0.25, 0.3) is 0 Å². The van der Waals surface area contributed by atoms with Crippen LogP contribution in [0.15, 0.2) is 42.5 Å². The molecule has 7 nitrogen and oxygen atoms in total. The lowest BCUT2D eigenvalue weighted by molar-refractivity contribution is -0.146. The number of benzene rings is 2. The van der Waals surface area contributed by atoms with Crippen molar-refractivity contribution in [3.05, 3.63) is 53.8 Å². The van der Waals surface area contributed by atoms with Crippen molar-refractivity contribution in [1.82, 2.24) is 10.2 Å². The van der Waals surface area contributed by atoms with E-state index >= 15 is 0 Å². The van der Waals surface area contributed by atoms with Gasteiger partial charge in [0, 0.05) is 26.2 Å². The lowest BCUT2D eigenvalue weighted by Crippen LogP contribution is -2.53. The molecule has 8 heteroatoms. The molecule has 1 fully saturated rings. The molecule has 0 radical (unpaired) electrons. The number of hydrogen-bond donors (Lipinski definition) is 1. The predicted molar refractivity (Wildman–Crippen MR) is 111 cm³/mol. The van der Waals surface area contributed by atoms with Crippen molar-refractivity contribution in [3.8, 4) is 11.5 Å². The summed E-state index contributed by atoms with van der Waals surface area (Å²) >= 11 is 0. The van der Waals surface area contributed by atoms with Gasteiger partial charge >= 0.3 is 11.8 Å². The zero-order valence-corrected chi connectivity index (χ0v) is 17.4. The van der Waals surface area contributed by atoms with Crippen LogP contribution in [0.2, 0.25) is 0 Å². The van der Waals surface area contributed by atoms with Crippen molar-refractivity contribution in [2.75, 3.05) is 45.3 Å². The maximum atomic E-state index is 14.0. The van der Waals surface area contributed by atoms with Crippen LogP contribution in [0.1, 0.15) is 18.5 Å². The Labute approximate surface area is 175 Å². The van der Waals surface area contributed by atoms with E-state index in [2.05, 4.69) is 5.32 Å². The maximum Gasteiger partial charge on any atom is 0.312 e. The quantitative estimate of drug-likeness (QED) is 0.760. The molecule has 1 aliphatic rings. The Morgan fingerprint density at radius 1 is 1.00 bits per heavy atom. The van der Waals surface area contributed by atoms with Crippen LogP contribution in [0.4, 0.5) is 10.1 Å². The van der Waals surface area contributed by atoms with Crippen molar-refractivity contribution in [1.29, 1.82) is 0 Å². The van der Waals surface area contributed by atoms with Crippen molar-refractivity contribution in [2.45, 2.75) is 13.0 Å². The van der Waals surface area contributed by atoms with E-state index in [4.69, 9.17) is 9.47 Å². The Hall–Kier alpha value is -3.29. The number of anilines is 1. The number of para-hydroxylation sites is 1. The number of carbonyl (C=O) groups is 2. The number of nitrogens with one attached hydrogen (secondary N) is 1. The molecule has 0 bridgehead atoms. The molecule has 3 rings (SSSR count). The number of carbonyl (C=O) groups excluding carboxylic acids is 2. The Balaban J connectivity index is 1.57. The molecule has 1 heterocycles. The smallest absolute Gasteiger partial charge is 0.312 e. The molecule has 30 heavy (non-hydrogen) atoms. The highest BCUT2D eigenvalue weighted by Crippen LogP contribution is 2.30. The van der Waals surface area contributed by atoms with E-state index in [1.54, 1.807) is 44.4 Å². The summed E-state index contributed by atoms with van der Waals surface area (Å²) in [5.74, 6) is -0.416. The van der Waals surface area contributed by atoms with Gasteiger partial charge in [-0.15, -0.1) is 0 Å². The molecule has 1 saturated heterocycles. The van der Waals surface area contributed by atoms with Crippen LogP contribution < -0.4 is 19.7 Å². The summed E-state index contributed by atoms with van der Waals surface area (Å²) < 4.78 is 24.5. The first kappa shape index (κ1) is 21.4. The van der Waals surface area contributed by atoms with Crippen LogP contribution in [0.3, 0.4) is 0 Å². The standard InChI is InChI=1S/C22H26FN3O4/c1-15(16-8-9-19(29-2)20(14-16)30-3)24-21(27)22(28)26-12-10-25(11-13-26)18-7-5-4-6-17(18)23/h4-9,14-15H,10-13H2,1-3H3,(H,24,27). The Morgan fingerprint density at radius 2 is 1.67 bits per heavy atom. The molecule has 0 spiro atoms. The molecule has 2 aromatic rings. The van der Waals surface area contributed by atoms with E-state index in [0.29, 0.717) is 43.4 Å². The zero-order valence-electron chi connectivity index (χ0n) is 17.4. The van der Waals surface area contributed by atoms with Gasteiger partial charge < -0.3 is 24.6 Å². The molecule has 2 amide bonds. The summed E-state index contributed by atoms with van der Waals surface area (Å²) in [7, 11) is 3.09. The molecule has 2 aromatic carbocycles. The molecule has 1 N–H and O–H groups in total. The van der Waals surface area contributed by atoms with Crippen LogP contribution in [-0.4, -0.2) is 57.1 Å². The average Bonchev–Trinajstić information content (AvgIpc) is 2.78. The Morgan fingerprint density at radius 3 is 2.30 bits per heavy atom. The van der Waals surface area contributed by atoms with E-state index in [1.165, 1.54) is 18.1 Å². The minimum absolute atomic E-state index is 0.293. The van der Waals surface area contributed by atoms with E-state index in [-0.39, 0.29) is 11.9 Å². The second-order valence-electron chi connectivity index (χ2n) is 7.04.